The molecule has 1 aliphatic carbocycles. The summed E-state index contributed by atoms with van der Waals surface area (Å²) in [7, 11) is -8.58. The van der Waals surface area contributed by atoms with Crippen molar-refractivity contribution in [3.8, 4) is 0 Å². The lowest BCUT2D eigenvalue weighted by Crippen LogP contribution is -2.59. The van der Waals surface area contributed by atoms with Crippen molar-refractivity contribution in [2.75, 3.05) is 25.1 Å². The average Bonchev–Trinajstić information content (AvgIpc) is 3.54. The highest BCUT2D eigenvalue weighted by Gasteiger charge is 2.65. The maximum Gasteiger partial charge on any atom is 0.310 e. The molecule has 2 aliphatic heterocycles. The number of aromatic nitrogens is 1. The van der Waals surface area contributed by atoms with Gasteiger partial charge in [0, 0.05) is 69.1 Å². The highest BCUT2D eigenvalue weighted by Crippen LogP contribution is 3.02. The zero-order valence-corrected chi connectivity index (χ0v) is 23.4. The Balaban J connectivity index is 1.63. The van der Waals surface area contributed by atoms with Crippen LogP contribution in [0.5, 0.6) is 0 Å². The van der Waals surface area contributed by atoms with Gasteiger partial charge in [-0.15, -0.1) is 0 Å². The Labute approximate surface area is 238 Å². The normalized spacial score (nSPS) is 28.4. The molecule has 7 nitrogen and oxygen atoms in total. The van der Waals surface area contributed by atoms with E-state index in [0.29, 0.717) is 6.54 Å². The van der Waals surface area contributed by atoms with Crippen molar-refractivity contribution in [3.63, 3.8) is 0 Å². The van der Waals surface area contributed by atoms with Gasteiger partial charge < -0.3 is 15.0 Å². The minimum atomic E-state index is -10.0. The predicted octanol–water partition coefficient (Wildman–Crippen LogP) is 6.15. The molecule has 0 bridgehead atoms. The number of benzene rings is 1. The number of likely N-dealkylation sites (tertiary alicyclic amines) is 1. The Bertz CT molecular complexity index is 1340. The van der Waals surface area contributed by atoms with E-state index >= 15 is 0 Å². The van der Waals surface area contributed by atoms with Gasteiger partial charge in [0.15, 0.2) is 5.54 Å². The summed E-state index contributed by atoms with van der Waals surface area (Å²) in [5.74, 6) is -4.13. The zero-order chi connectivity index (χ0) is 30.6. The summed E-state index contributed by atoms with van der Waals surface area (Å²) >= 11 is 0. The van der Waals surface area contributed by atoms with Gasteiger partial charge in [-0.25, -0.2) is 8.78 Å². The van der Waals surface area contributed by atoms with Gasteiger partial charge in [-0.2, -0.15) is 0 Å². The van der Waals surface area contributed by atoms with Crippen LogP contribution in [0.1, 0.15) is 44.1 Å². The molecule has 3 atom stereocenters. The highest BCUT2D eigenvalue weighted by atomic mass is 32.5. The molecular weight excluding hydrogens is 593 g/mol. The van der Waals surface area contributed by atoms with Crippen molar-refractivity contribution in [1.82, 2.24) is 15.2 Å². The van der Waals surface area contributed by atoms with Crippen molar-refractivity contribution in [2.45, 2.75) is 73.1 Å². The Morgan fingerprint density at radius 2 is 1.74 bits per heavy atom. The summed E-state index contributed by atoms with van der Waals surface area (Å²) in [6.45, 7) is 0.371. The smallest absolute Gasteiger partial charge is 0.310 e. The molecule has 1 aromatic carbocycles. The van der Waals surface area contributed by atoms with Crippen LogP contribution in [0.2, 0.25) is 0 Å². The Morgan fingerprint density at radius 3 is 2.29 bits per heavy atom. The molecular formula is C27H31F7N4O3S. The van der Waals surface area contributed by atoms with Crippen LogP contribution in [0.25, 0.3) is 0 Å². The van der Waals surface area contributed by atoms with E-state index in [4.69, 9.17) is 4.74 Å². The number of halogens is 7. The quantitative estimate of drug-likeness (QED) is 0.374. The molecule has 3 heterocycles. The minimum Gasteiger partial charge on any atom is -0.380 e. The number of anilines is 1. The van der Waals surface area contributed by atoms with Gasteiger partial charge >= 0.3 is 10.2 Å². The highest BCUT2D eigenvalue weighted by molar-refractivity contribution is 8.45. The van der Waals surface area contributed by atoms with Gasteiger partial charge in [0.1, 0.15) is 4.90 Å². The molecule has 2 saturated heterocycles. The maximum atomic E-state index is 14.4. The average molecular weight is 625 g/mol. The van der Waals surface area contributed by atoms with Crippen LogP contribution < -0.4 is 10.2 Å². The molecule has 1 N–H and O–H groups in total. The summed E-state index contributed by atoms with van der Waals surface area (Å²) in [6, 6.07) is 3.55. The molecule has 3 fully saturated rings. The van der Waals surface area contributed by atoms with Crippen LogP contribution in [-0.2, 0) is 19.9 Å². The van der Waals surface area contributed by atoms with E-state index in [-0.39, 0.29) is 61.7 Å². The van der Waals surface area contributed by atoms with Crippen LogP contribution in [-0.4, -0.2) is 66.0 Å². The fourth-order valence-corrected chi connectivity index (χ4v) is 6.89. The topological polar surface area (TPSA) is 74.8 Å². The number of nitrogens with one attached hydrogen (secondary N) is 1. The second-order valence-electron chi connectivity index (χ2n) is 11.1. The Hall–Kier alpha value is -2.91. The maximum absolute atomic E-state index is 14.4. The Kier molecular flexibility index (Phi) is 7.13. The SMILES string of the molecule is CO[C@H]1CN[C@@H](C(=O)N(c2ccc(S(F)(F)(F)(F)F)cc2)C2(c3cccnc3)CCN(C3CCC(F)(F)CC3)C2=O)C1. The van der Waals surface area contributed by atoms with Gasteiger partial charge in [0.2, 0.25) is 11.8 Å². The van der Waals surface area contributed by atoms with E-state index in [2.05, 4.69) is 10.3 Å². The second kappa shape index (κ2) is 9.81. The second-order valence-corrected chi connectivity index (χ2v) is 13.5. The van der Waals surface area contributed by atoms with E-state index < -0.39 is 63.3 Å². The molecule has 232 valence electrons. The standard InChI is InChI=1S/C27H31F7N4O3S/c1-41-21-15-23(36-17-21)24(39)38(20-4-6-22(7-5-20)42(30,31,32,33)34)27(18-3-2-13-35-16-18)12-14-37(25(27)40)19-8-10-26(28,29)11-9-19/h2-7,13,16,19,21,23,36H,8-12,14-15,17H2,1H3/t21-,23-,27?/m1/s1. The number of hydrogen-bond donors (Lipinski definition) is 1. The predicted molar refractivity (Wildman–Crippen MR) is 142 cm³/mol. The third-order valence-electron chi connectivity index (χ3n) is 8.46. The van der Waals surface area contributed by atoms with E-state index in [1.54, 1.807) is 6.07 Å². The third-order valence-corrected chi connectivity index (χ3v) is 9.62. The minimum absolute atomic E-state index is 0.0279. The van der Waals surface area contributed by atoms with Crippen molar-refractivity contribution >= 4 is 27.7 Å². The first-order valence-corrected chi connectivity index (χ1v) is 15.4. The van der Waals surface area contributed by atoms with Crippen molar-refractivity contribution in [1.29, 1.82) is 0 Å². The van der Waals surface area contributed by atoms with E-state index in [0.717, 1.165) is 17.0 Å². The molecule has 3 aliphatic rings. The molecule has 0 radical (unpaired) electrons. The number of rotatable bonds is 7. The summed E-state index contributed by atoms with van der Waals surface area (Å²) in [4.78, 5) is 33.2. The molecule has 1 aromatic heterocycles. The fourth-order valence-electron chi connectivity index (χ4n) is 6.24. The first kappa shape index (κ1) is 30.5. The lowest BCUT2D eigenvalue weighted by atomic mass is 9.85. The number of pyridine rings is 1. The van der Waals surface area contributed by atoms with E-state index in [1.165, 1.54) is 30.5 Å². The largest absolute Gasteiger partial charge is 0.380 e. The van der Waals surface area contributed by atoms with Crippen LogP contribution in [0.4, 0.5) is 33.9 Å². The lowest BCUT2D eigenvalue weighted by molar-refractivity contribution is -0.139. The number of carbonyl (C=O) groups excluding carboxylic acids is 2. The summed E-state index contributed by atoms with van der Waals surface area (Å²) in [6.07, 6.45) is 1.85. The number of nitrogens with zero attached hydrogens (tertiary/aromatic N) is 3. The third kappa shape index (κ3) is 5.70. The number of methoxy groups -OCH3 is 1. The molecule has 2 aromatic rings. The number of amides is 2. The van der Waals surface area contributed by atoms with Crippen molar-refractivity contribution in [3.05, 3.63) is 54.4 Å². The van der Waals surface area contributed by atoms with Gasteiger partial charge in [0.05, 0.1) is 12.1 Å². The molecule has 42 heavy (non-hydrogen) atoms. The van der Waals surface area contributed by atoms with Gasteiger partial charge in [-0.1, -0.05) is 25.5 Å². The number of alkyl halides is 2. The molecule has 15 heteroatoms. The van der Waals surface area contributed by atoms with Crippen LogP contribution in [0, 0.1) is 0 Å². The molecule has 2 amide bonds. The summed E-state index contributed by atoms with van der Waals surface area (Å²) in [5, 5.41) is 3.01. The first-order chi connectivity index (χ1) is 19.4. The number of hydrogen-bond acceptors (Lipinski definition) is 5. The molecule has 5 rings (SSSR count). The summed E-state index contributed by atoms with van der Waals surface area (Å²) in [5.41, 5.74) is -1.78. The molecule has 1 saturated carbocycles. The lowest BCUT2D eigenvalue weighted by Gasteiger charge is -2.43. The van der Waals surface area contributed by atoms with Crippen LogP contribution in [0.15, 0.2) is 53.7 Å². The monoisotopic (exact) mass is 624 g/mol. The summed E-state index contributed by atoms with van der Waals surface area (Å²) < 4.78 is 101. The van der Waals surface area contributed by atoms with Crippen LogP contribution in [0.3, 0.4) is 0 Å². The number of carbonyl (C=O) groups is 2. The van der Waals surface area contributed by atoms with Crippen molar-refractivity contribution < 1.29 is 42.5 Å². The molecule has 1 unspecified atom stereocenters. The molecule has 0 spiro atoms. The zero-order valence-electron chi connectivity index (χ0n) is 22.6. The van der Waals surface area contributed by atoms with Crippen molar-refractivity contribution in [2.24, 2.45) is 0 Å². The van der Waals surface area contributed by atoms with Gasteiger partial charge in [-0.05, 0) is 49.6 Å². The number of ether oxygens (including phenoxy) is 1. The first-order valence-electron chi connectivity index (χ1n) is 13.5. The van der Waals surface area contributed by atoms with Gasteiger partial charge in [0.25, 0.3) is 5.91 Å². The Morgan fingerprint density at radius 1 is 1.07 bits per heavy atom. The van der Waals surface area contributed by atoms with E-state index in [9.17, 15) is 37.8 Å². The van der Waals surface area contributed by atoms with Crippen LogP contribution >= 0.6 is 10.2 Å². The fraction of sp³-hybridized carbons (Fsp3) is 0.519. The van der Waals surface area contributed by atoms with Gasteiger partial charge in [-0.3, -0.25) is 19.5 Å². The van der Waals surface area contributed by atoms with E-state index in [1.807, 2.05) is 0 Å².